The van der Waals surface area contributed by atoms with Crippen molar-refractivity contribution < 1.29 is 0 Å². The molecule has 23 heavy (non-hydrogen) atoms. The van der Waals surface area contributed by atoms with Gasteiger partial charge in [-0.05, 0) is 75.0 Å². The number of allylic oxidation sites excluding steroid dienone is 4. The normalized spacial score (nSPS) is 19.7. The van der Waals surface area contributed by atoms with Crippen molar-refractivity contribution in [3.63, 3.8) is 0 Å². The van der Waals surface area contributed by atoms with Gasteiger partial charge >= 0.3 is 0 Å². The van der Waals surface area contributed by atoms with Gasteiger partial charge in [0.1, 0.15) is 0 Å². The molecule has 0 spiro atoms. The highest BCUT2D eigenvalue weighted by Gasteiger charge is 2.24. The second-order valence-electron chi connectivity index (χ2n) is 6.85. The van der Waals surface area contributed by atoms with Gasteiger partial charge in [0, 0.05) is 5.92 Å². The number of benzene rings is 1. The highest BCUT2D eigenvalue weighted by atomic mass is 15.0. The summed E-state index contributed by atoms with van der Waals surface area (Å²) in [6, 6.07) is 7.07. The van der Waals surface area contributed by atoms with Crippen molar-refractivity contribution >= 4 is 0 Å². The molecule has 0 bridgehead atoms. The summed E-state index contributed by atoms with van der Waals surface area (Å²) in [5, 5.41) is 0. The molecule has 0 radical (unpaired) electrons. The Kier molecular flexibility index (Phi) is 6.41. The monoisotopic (exact) mass is 309 g/mol. The third kappa shape index (κ3) is 4.45. The topological polar surface area (TPSA) is 3.24 Å². The van der Waals surface area contributed by atoms with Crippen LogP contribution in [0.15, 0.2) is 54.7 Å². The van der Waals surface area contributed by atoms with Crippen LogP contribution in [0.5, 0.6) is 0 Å². The number of nitrogens with zero attached hydrogens (tertiary/aromatic N) is 1. The Morgan fingerprint density at radius 3 is 2.70 bits per heavy atom. The Morgan fingerprint density at radius 1 is 1.26 bits per heavy atom. The first-order valence-corrected chi connectivity index (χ1v) is 8.84. The summed E-state index contributed by atoms with van der Waals surface area (Å²) in [5.41, 5.74) is 7.15. The van der Waals surface area contributed by atoms with E-state index in [9.17, 15) is 0 Å². The van der Waals surface area contributed by atoms with Gasteiger partial charge < -0.3 is 4.90 Å². The third-order valence-corrected chi connectivity index (χ3v) is 4.87. The first-order chi connectivity index (χ1) is 11.1. The number of fused-ring (bicyclic) bond motifs is 1. The lowest BCUT2D eigenvalue weighted by Gasteiger charge is -2.23. The maximum atomic E-state index is 4.37. The lowest BCUT2D eigenvalue weighted by molar-refractivity contribution is 0.389. The van der Waals surface area contributed by atoms with Gasteiger partial charge in [-0.1, -0.05) is 56.0 Å². The average Bonchev–Trinajstić information content (AvgIpc) is 2.66. The second-order valence-corrected chi connectivity index (χ2v) is 6.85. The van der Waals surface area contributed by atoms with Crippen LogP contribution in [0.25, 0.3) is 0 Å². The molecule has 1 aliphatic rings. The smallest absolute Gasteiger partial charge is 0.00951 e. The fraction of sp³-hybridized carbons (Fsp3) is 0.455. The molecule has 1 atom stereocenters. The molecule has 1 aliphatic carbocycles. The van der Waals surface area contributed by atoms with Gasteiger partial charge in [-0.25, -0.2) is 0 Å². The molecule has 0 heterocycles. The van der Waals surface area contributed by atoms with E-state index in [1.54, 1.807) is 0 Å². The summed E-state index contributed by atoms with van der Waals surface area (Å²) < 4.78 is 0. The second kappa shape index (κ2) is 8.31. The summed E-state index contributed by atoms with van der Waals surface area (Å²) in [6.45, 7) is 11.7. The fourth-order valence-corrected chi connectivity index (χ4v) is 3.54. The zero-order chi connectivity index (χ0) is 16.8. The van der Waals surface area contributed by atoms with Gasteiger partial charge in [0.15, 0.2) is 0 Å². The molecule has 0 N–H and O–H groups in total. The molecular weight excluding hydrogens is 278 g/mol. The van der Waals surface area contributed by atoms with Crippen molar-refractivity contribution in [2.24, 2.45) is 0 Å². The third-order valence-electron chi connectivity index (χ3n) is 4.87. The van der Waals surface area contributed by atoms with Gasteiger partial charge in [-0.3, -0.25) is 0 Å². The van der Waals surface area contributed by atoms with E-state index in [1.165, 1.54) is 40.7 Å². The van der Waals surface area contributed by atoms with Crippen molar-refractivity contribution in [3.05, 3.63) is 71.3 Å². The molecule has 1 unspecified atom stereocenters. The zero-order valence-electron chi connectivity index (χ0n) is 15.1. The van der Waals surface area contributed by atoms with Crippen LogP contribution in [0.4, 0.5) is 0 Å². The predicted molar refractivity (Wildman–Crippen MR) is 102 cm³/mol. The Labute approximate surface area is 142 Å². The zero-order valence-corrected chi connectivity index (χ0v) is 15.1. The van der Waals surface area contributed by atoms with E-state index in [-0.39, 0.29) is 0 Å². The van der Waals surface area contributed by atoms with Crippen LogP contribution < -0.4 is 0 Å². The molecule has 1 aromatic rings. The SMILES string of the molecule is C=C/C=C1\C(=C)CCc2ccc(CC)cc2C1CCCN(C)C. The predicted octanol–water partition coefficient (Wildman–Crippen LogP) is 5.29. The van der Waals surface area contributed by atoms with Crippen molar-refractivity contribution in [3.8, 4) is 0 Å². The van der Waals surface area contributed by atoms with Crippen molar-refractivity contribution in [1.29, 1.82) is 0 Å². The molecule has 0 fully saturated rings. The Balaban J connectivity index is 2.41. The van der Waals surface area contributed by atoms with Crippen molar-refractivity contribution in [2.45, 2.75) is 44.9 Å². The van der Waals surface area contributed by atoms with E-state index < -0.39 is 0 Å². The highest BCUT2D eigenvalue weighted by Crippen LogP contribution is 2.40. The minimum atomic E-state index is 0.462. The van der Waals surface area contributed by atoms with Crippen LogP contribution in [0.2, 0.25) is 0 Å². The van der Waals surface area contributed by atoms with Gasteiger partial charge in [-0.15, -0.1) is 0 Å². The number of rotatable bonds is 6. The van der Waals surface area contributed by atoms with Crippen LogP contribution in [0.3, 0.4) is 0 Å². The standard InChI is InChI=1S/C22H31N/c1-6-9-20-17(3)11-13-19-14-12-18(7-2)16-22(19)21(20)10-8-15-23(4)5/h6,9,12,14,16,21H,1,3,7-8,10-11,13,15H2,2,4-5H3/b20-9+. The molecule has 1 nitrogen and oxygen atoms in total. The molecule has 0 aliphatic heterocycles. The van der Waals surface area contributed by atoms with E-state index in [1.807, 2.05) is 6.08 Å². The molecular formula is C22H31N. The van der Waals surface area contributed by atoms with Gasteiger partial charge in [0.2, 0.25) is 0 Å². The molecule has 2 rings (SSSR count). The maximum absolute atomic E-state index is 4.37. The summed E-state index contributed by atoms with van der Waals surface area (Å²) in [6.07, 6.45) is 9.76. The average molecular weight is 309 g/mol. The number of aryl methyl sites for hydroxylation is 2. The minimum Gasteiger partial charge on any atom is -0.309 e. The van der Waals surface area contributed by atoms with Crippen LogP contribution in [0, 0.1) is 0 Å². The molecule has 0 saturated heterocycles. The highest BCUT2D eigenvalue weighted by molar-refractivity contribution is 5.48. The lowest BCUT2D eigenvalue weighted by atomic mass is 9.83. The van der Waals surface area contributed by atoms with E-state index in [0.29, 0.717) is 5.92 Å². The van der Waals surface area contributed by atoms with Crippen LogP contribution in [-0.4, -0.2) is 25.5 Å². The number of hydrogen-bond donors (Lipinski definition) is 0. The largest absolute Gasteiger partial charge is 0.309 e. The van der Waals surface area contributed by atoms with Crippen LogP contribution >= 0.6 is 0 Å². The fourth-order valence-electron chi connectivity index (χ4n) is 3.54. The summed E-state index contributed by atoms with van der Waals surface area (Å²) in [4.78, 5) is 2.27. The van der Waals surface area contributed by atoms with E-state index in [0.717, 1.165) is 25.8 Å². The van der Waals surface area contributed by atoms with E-state index >= 15 is 0 Å². The molecule has 0 aromatic heterocycles. The Morgan fingerprint density at radius 2 is 2.04 bits per heavy atom. The van der Waals surface area contributed by atoms with Crippen LogP contribution in [0.1, 0.15) is 48.8 Å². The first-order valence-electron chi connectivity index (χ1n) is 8.84. The molecule has 1 aromatic carbocycles. The minimum absolute atomic E-state index is 0.462. The van der Waals surface area contributed by atoms with Crippen molar-refractivity contribution in [1.82, 2.24) is 4.90 Å². The van der Waals surface area contributed by atoms with Crippen LogP contribution in [-0.2, 0) is 12.8 Å². The van der Waals surface area contributed by atoms with Gasteiger partial charge in [0.05, 0.1) is 0 Å². The number of hydrogen-bond acceptors (Lipinski definition) is 1. The van der Waals surface area contributed by atoms with Gasteiger partial charge in [0.25, 0.3) is 0 Å². The molecule has 124 valence electrons. The van der Waals surface area contributed by atoms with E-state index in [4.69, 9.17) is 0 Å². The lowest BCUT2D eigenvalue weighted by Crippen LogP contribution is -2.15. The van der Waals surface area contributed by atoms with Gasteiger partial charge in [-0.2, -0.15) is 0 Å². The Hall–Kier alpha value is -1.60. The first kappa shape index (κ1) is 17.7. The summed E-state index contributed by atoms with van der Waals surface area (Å²) in [5.74, 6) is 0.462. The van der Waals surface area contributed by atoms with Crippen molar-refractivity contribution in [2.75, 3.05) is 20.6 Å². The molecule has 0 saturated carbocycles. The molecule has 1 heteroatoms. The quantitative estimate of drug-likeness (QED) is 0.645. The Bertz CT molecular complexity index is 592. The molecule has 0 amide bonds. The maximum Gasteiger partial charge on any atom is 0.00951 e. The summed E-state index contributed by atoms with van der Waals surface area (Å²) >= 11 is 0. The summed E-state index contributed by atoms with van der Waals surface area (Å²) in [7, 11) is 4.30. The van der Waals surface area contributed by atoms with E-state index in [2.05, 4.69) is 63.4 Å².